The molecule has 0 bridgehead atoms. The number of piperazine rings is 1. The van der Waals surface area contributed by atoms with E-state index < -0.39 is 0 Å². The molecule has 13 heavy (non-hydrogen) atoms. The fourth-order valence-corrected chi connectivity index (χ4v) is 1.12. The molecule has 0 aliphatic carbocycles. The predicted molar refractivity (Wildman–Crippen MR) is 56.7 cm³/mol. The van der Waals surface area contributed by atoms with Gasteiger partial charge in [0.1, 0.15) is 11.7 Å². The van der Waals surface area contributed by atoms with Gasteiger partial charge in [0, 0.05) is 19.5 Å². The molecule has 0 radical (unpaired) electrons. The van der Waals surface area contributed by atoms with E-state index in [1.807, 2.05) is 20.8 Å². The van der Waals surface area contributed by atoms with Gasteiger partial charge in [-0.1, -0.05) is 20.8 Å². The van der Waals surface area contributed by atoms with Gasteiger partial charge < -0.3 is 10.2 Å². The fourth-order valence-electron chi connectivity index (χ4n) is 1.12. The lowest BCUT2D eigenvalue weighted by molar-refractivity contribution is 0.504. The van der Waals surface area contributed by atoms with Crippen LogP contribution in [0.5, 0.6) is 0 Å². The second-order valence-corrected chi connectivity index (χ2v) is 2.58. The number of nitrogens with zero attached hydrogens (tertiary/aromatic N) is 1. The van der Waals surface area contributed by atoms with E-state index in [0.717, 1.165) is 13.1 Å². The Bertz CT molecular complexity index is 168. The minimum Gasteiger partial charge on any atom is -0.317 e. The zero-order valence-corrected chi connectivity index (χ0v) is 8.78. The van der Waals surface area contributed by atoms with Crippen LogP contribution in [0.4, 0.5) is 0 Å². The Morgan fingerprint density at radius 3 is 2.62 bits per heavy atom. The van der Waals surface area contributed by atoms with Gasteiger partial charge in [0.15, 0.2) is 0 Å². The summed E-state index contributed by atoms with van der Waals surface area (Å²) in [7, 11) is 0. The van der Waals surface area contributed by atoms with E-state index in [0.29, 0.717) is 24.6 Å². The molecule has 1 aliphatic rings. The predicted octanol–water partition coefficient (Wildman–Crippen LogP) is 1.28. The van der Waals surface area contributed by atoms with E-state index in [2.05, 4.69) is 5.32 Å². The molecule has 0 amide bonds. The number of amidine groups is 2. The summed E-state index contributed by atoms with van der Waals surface area (Å²) in [5, 5.41) is 18.1. The van der Waals surface area contributed by atoms with Gasteiger partial charge >= 0.3 is 0 Å². The lowest BCUT2D eigenvalue weighted by Crippen LogP contribution is -2.49. The van der Waals surface area contributed by atoms with Crippen molar-refractivity contribution in [1.29, 1.82) is 10.8 Å². The molecule has 1 rings (SSSR count). The van der Waals surface area contributed by atoms with Crippen molar-refractivity contribution in [2.24, 2.45) is 0 Å². The van der Waals surface area contributed by atoms with Gasteiger partial charge in [-0.05, 0) is 0 Å². The number of nitrogens with one attached hydrogen (secondary N) is 3. The first kappa shape index (κ1) is 12.1. The quantitative estimate of drug-likeness (QED) is 0.424. The fraction of sp³-hybridized carbons (Fsp3) is 0.778. The van der Waals surface area contributed by atoms with Crippen molar-refractivity contribution in [3.05, 3.63) is 0 Å². The zero-order chi connectivity index (χ0) is 10.3. The van der Waals surface area contributed by atoms with Crippen molar-refractivity contribution >= 4 is 11.7 Å². The van der Waals surface area contributed by atoms with E-state index in [4.69, 9.17) is 10.8 Å². The molecule has 4 nitrogen and oxygen atoms in total. The highest BCUT2D eigenvalue weighted by molar-refractivity contribution is 5.99. The minimum absolute atomic E-state index is 0.517. The molecule has 1 heterocycles. The van der Waals surface area contributed by atoms with E-state index in [1.54, 1.807) is 4.90 Å². The summed E-state index contributed by atoms with van der Waals surface area (Å²) in [4.78, 5) is 1.76. The summed E-state index contributed by atoms with van der Waals surface area (Å²) >= 11 is 0. The standard InChI is InChI=1S/C7H14N4.C2H6/c1-2-6(8)11-4-3-10-5-7(11)9;1-2/h8-10H,2-5H2,1H3;1-2H3. The molecule has 3 N–H and O–H groups in total. The van der Waals surface area contributed by atoms with Crippen LogP contribution in [-0.2, 0) is 0 Å². The third-order valence-electron chi connectivity index (χ3n) is 1.79. The molecule has 0 aromatic rings. The van der Waals surface area contributed by atoms with Crippen molar-refractivity contribution in [3.63, 3.8) is 0 Å². The molecule has 1 fully saturated rings. The van der Waals surface area contributed by atoms with Gasteiger partial charge in [-0.2, -0.15) is 0 Å². The van der Waals surface area contributed by atoms with Crippen LogP contribution in [0.2, 0.25) is 0 Å². The highest BCUT2D eigenvalue weighted by atomic mass is 15.2. The topological polar surface area (TPSA) is 63.0 Å². The van der Waals surface area contributed by atoms with Crippen molar-refractivity contribution in [3.8, 4) is 0 Å². The van der Waals surface area contributed by atoms with Crippen molar-refractivity contribution in [2.75, 3.05) is 19.6 Å². The molecular weight excluding hydrogens is 164 g/mol. The Labute approximate surface area is 80.3 Å². The second kappa shape index (κ2) is 6.60. The average molecular weight is 184 g/mol. The first-order valence-corrected chi connectivity index (χ1v) is 4.88. The SMILES string of the molecule is CC.CCC(=N)N1CCNCC1=N. The Balaban J connectivity index is 0.000000671. The van der Waals surface area contributed by atoms with Crippen LogP contribution in [0.1, 0.15) is 27.2 Å². The molecular formula is C9H20N4. The first-order valence-electron chi connectivity index (χ1n) is 4.88. The lowest BCUT2D eigenvalue weighted by Gasteiger charge is -2.29. The van der Waals surface area contributed by atoms with Crippen LogP contribution in [0.15, 0.2) is 0 Å². The lowest BCUT2D eigenvalue weighted by atomic mass is 10.3. The maximum atomic E-state index is 7.52. The zero-order valence-electron chi connectivity index (χ0n) is 8.78. The maximum Gasteiger partial charge on any atom is 0.115 e. The van der Waals surface area contributed by atoms with E-state index in [9.17, 15) is 0 Å². The molecule has 0 unspecified atom stereocenters. The average Bonchev–Trinajstić information content (AvgIpc) is 2.20. The Hall–Kier alpha value is -0.900. The first-order chi connectivity index (χ1) is 6.25. The van der Waals surface area contributed by atoms with Gasteiger partial charge in [-0.25, -0.2) is 0 Å². The highest BCUT2D eigenvalue weighted by Crippen LogP contribution is 1.98. The molecule has 0 aromatic heterocycles. The minimum atomic E-state index is 0.517. The molecule has 0 atom stereocenters. The van der Waals surface area contributed by atoms with Crippen LogP contribution >= 0.6 is 0 Å². The van der Waals surface area contributed by atoms with Crippen molar-refractivity contribution < 1.29 is 0 Å². The maximum absolute atomic E-state index is 7.52. The Morgan fingerprint density at radius 1 is 1.54 bits per heavy atom. The van der Waals surface area contributed by atoms with Crippen LogP contribution in [0, 0.1) is 10.8 Å². The largest absolute Gasteiger partial charge is 0.317 e. The van der Waals surface area contributed by atoms with Crippen LogP contribution in [-0.4, -0.2) is 36.2 Å². The summed E-state index contributed by atoms with van der Waals surface area (Å²) in [5.74, 6) is 1.07. The summed E-state index contributed by atoms with van der Waals surface area (Å²) in [6, 6.07) is 0. The highest BCUT2D eigenvalue weighted by Gasteiger charge is 2.16. The summed E-state index contributed by atoms with van der Waals surface area (Å²) in [6.45, 7) is 8.19. The van der Waals surface area contributed by atoms with Gasteiger partial charge in [0.2, 0.25) is 0 Å². The van der Waals surface area contributed by atoms with Gasteiger partial charge in [0.05, 0.1) is 6.54 Å². The molecule has 4 heteroatoms. The van der Waals surface area contributed by atoms with Gasteiger partial charge in [0.25, 0.3) is 0 Å². The summed E-state index contributed by atoms with van der Waals surface area (Å²) < 4.78 is 0. The molecule has 0 saturated carbocycles. The molecule has 0 spiro atoms. The number of hydrogen-bond donors (Lipinski definition) is 3. The monoisotopic (exact) mass is 184 g/mol. The number of rotatable bonds is 1. The molecule has 1 aliphatic heterocycles. The Morgan fingerprint density at radius 2 is 2.15 bits per heavy atom. The smallest absolute Gasteiger partial charge is 0.115 e. The van der Waals surface area contributed by atoms with Crippen LogP contribution in [0.3, 0.4) is 0 Å². The summed E-state index contributed by atoms with van der Waals surface area (Å²) in [6.07, 6.45) is 0.711. The molecule has 0 aromatic carbocycles. The van der Waals surface area contributed by atoms with Gasteiger partial charge in [-0.15, -0.1) is 0 Å². The molecule has 76 valence electrons. The third-order valence-corrected chi connectivity index (χ3v) is 1.79. The summed E-state index contributed by atoms with van der Waals surface area (Å²) in [5.41, 5.74) is 0. The van der Waals surface area contributed by atoms with Crippen LogP contribution < -0.4 is 5.32 Å². The molecule has 1 saturated heterocycles. The van der Waals surface area contributed by atoms with Gasteiger partial charge in [-0.3, -0.25) is 10.8 Å². The normalized spacial score (nSPS) is 16.2. The number of hydrogen-bond acceptors (Lipinski definition) is 3. The van der Waals surface area contributed by atoms with E-state index in [1.165, 1.54) is 0 Å². The Kier molecular flexibility index (Phi) is 6.14. The third kappa shape index (κ3) is 3.55. The van der Waals surface area contributed by atoms with Crippen molar-refractivity contribution in [2.45, 2.75) is 27.2 Å². The van der Waals surface area contributed by atoms with Crippen molar-refractivity contribution in [1.82, 2.24) is 10.2 Å². The van der Waals surface area contributed by atoms with E-state index >= 15 is 0 Å². The van der Waals surface area contributed by atoms with Crippen LogP contribution in [0.25, 0.3) is 0 Å². The van der Waals surface area contributed by atoms with E-state index in [-0.39, 0.29) is 0 Å². The second-order valence-electron chi connectivity index (χ2n) is 2.58.